The number of hydrogen-bond donors (Lipinski definition) is 1. The lowest BCUT2D eigenvalue weighted by Crippen LogP contribution is -2.34. The van der Waals surface area contributed by atoms with Crippen molar-refractivity contribution in [1.29, 1.82) is 0 Å². The first-order chi connectivity index (χ1) is 15.5. The van der Waals surface area contributed by atoms with Gasteiger partial charge in [0.2, 0.25) is 0 Å². The maximum absolute atomic E-state index is 12.8. The summed E-state index contributed by atoms with van der Waals surface area (Å²) in [7, 11) is -4.09. The number of fused-ring (bicyclic) bond motifs is 1. The number of hydrazone groups is 1. The first-order valence-electron chi connectivity index (χ1n) is 10.3. The molecule has 0 bridgehead atoms. The molecule has 0 amide bonds. The van der Waals surface area contributed by atoms with Crippen molar-refractivity contribution >= 4 is 38.8 Å². The molecule has 32 heavy (non-hydrogen) atoms. The number of ether oxygens (including phenoxy) is 1. The molecule has 0 atom stereocenters. The Morgan fingerprint density at radius 1 is 1.09 bits per heavy atom. The highest BCUT2D eigenvalue weighted by Crippen LogP contribution is 2.34. The molecule has 3 aromatic rings. The summed E-state index contributed by atoms with van der Waals surface area (Å²) in [6.07, 6.45) is 3.58. The van der Waals surface area contributed by atoms with Gasteiger partial charge in [0, 0.05) is 24.5 Å². The highest BCUT2D eigenvalue weighted by Gasteiger charge is 2.22. The second-order valence-electron chi connectivity index (χ2n) is 7.67. The Morgan fingerprint density at radius 3 is 2.56 bits per heavy atom. The summed E-state index contributed by atoms with van der Waals surface area (Å²) in [5, 5.41) is 5.40. The highest BCUT2D eigenvalue weighted by atomic mass is 35.5. The van der Waals surface area contributed by atoms with Gasteiger partial charge < -0.3 is 19.7 Å². The predicted octanol–water partition coefficient (Wildman–Crippen LogP) is 4.25. The second kappa shape index (κ2) is 9.67. The summed E-state index contributed by atoms with van der Waals surface area (Å²) < 4.78 is 37.2. The van der Waals surface area contributed by atoms with Gasteiger partial charge in [-0.3, -0.25) is 0 Å². The molecule has 1 fully saturated rings. The molecule has 0 unspecified atom stereocenters. The van der Waals surface area contributed by atoms with Crippen molar-refractivity contribution in [2.75, 3.05) is 19.7 Å². The fraction of sp³-hybridized carbons (Fsp3) is 0.261. The van der Waals surface area contributed by atoms with Gasteiger partial charge in [0.15, 0.2) is 0 Å². The zero-order valence-corrected chi connectivity index (χ0v) is 18.9. The fourth-order valence-electron chi connectivity index (χ4n) is 3.77. The molecule has 0 radical (unpaired) electrons. The molecule has 3 aromatic carbocycles. The minimum absolute atomic E-state index is 0.0786. The zero-order chi connectivity index (χ0) is 22.6. The van der Waals surface area contributed by atoms with E-state index in [1.165, 1.54) is 12.1 Å². The number of benzene rings is 3. The van der Waals surface area contributed by atoms with Crippen LogP contribution in [0.4, 0.5) is 0 Å². The van der Waals surface area contributed by atoms with Gasteiger partial charge in [-0.15, -0.1) is 0 Å². The lowest BCUT2D eigenvalue weighted by Gasteiger charge is -2.30. The lowest BCUT2D eigenvalue weighted by molar-refractivity contribution is 0.184. The molecule has 2 N–H and O–H groups in total. The maximum Gasteiger partial charge on any atom is 0.340 e. The number of nitrogens with two attached hydrogens (primary N) is 1. The first-order valence-corrected chi connectivity index (χ1v) is 12.1. The third kappa shape index (κ3) is 5.08. The van der Waals surface area contributed by atoms with E-state index in [4.69, 9.17) is 26.4 Å². The Morgan fingerprint density at radius 2 is 1.81 bits per heavy atom. The molecule has 1 aliphatic heterocycles. The monoisotopic (exact) mass is 473 g/mol. The quantitative estimate of drug-likeness (QED) is 0.181. The van der Waals surface area contributed by atoms with Crippen molar-refractivity contribution in [3.05, 3.63) is 65.7 Å². The Hall–Kier alpha value is -2.97. The van der Waals surface area contributed by atoms with Crippen LogP contribution < -0.4 is 14.8 Å². The number of likely N-dealkylation sites (tertiary alicyclic amines) is 1. The topological polar surface area (TPSA) is 94.2 Å². The number of nitrogens with zero attached hydrogens (tertiary/aromatic N) is 2. The number of halogens is 1. The Kier molecular flexibility index (Phi) is 6.72. The van der Waals surface area contributed by atoms with E-state index < -0.39 is 10.1 Å². The van der Waals surface area contributed by atoms with Gasteiger partial charge in [0.05, 0.1) is 11.6 Å². The summed E-state index contributed by atoms with van der Waals surface area (Å²) >= 11 is 6.06. The van der Waals surface area contributed by atoms with Crippen LogP contribution in [0.25, 0.3) is 10.8 Å². The summed E-state index contributed by atoms with van der Waals surface area (Å²) in [5.74, 6) is 6.36. The Balaban J connectivity index is 1.55. The lowest BCUT2D eigenvalue weighted by atomic mass is 9.98. The van der Waals surface area contributed by atoms with Crippen LogP contribution in [0.15, 0.2) is 70.7 Å². The summed E-state index contributed by atoms with van der Waals surface area (Å²) in [6.45, 7) is 2.27. The molecule has 9 heteroatoms. The van der Waals surface area contributed by atoms with E-state index in [0.29, 0.717) is 18.3 Å². The fourth-order valence-corrected chi connectivity index (χ4v) is 5.18. The number of rotatable bonds is 7. The smallest absolute Gasteiger partial charge is 0.340 e. The van der Waals surface area contributed by atoms with Crippen molar-refractivity contribution < 1.29 is 17.3 Å². The average molecular weight is 474 g/mol. The van der Waals surface area contributed by atoms with E-state index in [1.807, 2.05) is 24.3 Å². The minimum Gasteiger partial charge on any atom is -0.493 e. The third-order valence-corrected chi connectivity index (χ3v) is 7.21. The maximum atomic E-state index is 12.8. The van der Waals surface area contributed by atoms with Gasteiger partial charge in [-0.2, -0.15) is 13.5 Å². The molecular formula is C23H24ClN3O4S. The molecule has 0 aliphatic carbocycles. The highest BCUT2D eigenvalue weighted by molar-refractivity contribution is 7.87. The van der Waals surface area contributed by atoms with Crippen LogP contribution in [-0.4, -0.2) is 39.4 Å². The van der Waals surface area contributed by atoms with E-state index in [-0.39, 0.29) is 15.7 Å². The van der Waals surface area contributed by atoms with E-state index >= 15 is 0 Å². The average Bonchev–Trinajstić information content (AvgIpc) is 2.78. The molecule has 1 heterocycles. The minimum atomic E-state index is -4.09. The molecule has 7 nitrogen and oxygen atoms in total. The van der Waals surface area contributed by atoms with Gasteiger partial charge >= 0.3 is 10.1 Å². The molecule has 1 aliphatic rings. The molecule has 0 saturated carbocycles. The third-order valence-electron chi connectivity index (χ3n) is 5.46. The molecule has 4 rings (SSSR count). The van der Waals surface area contributed by atoms with Crippen LogP contribution in [0, 0.1) is 5.92 Å². The Bertz CT molecular complexity index is 1220. The van der Waals surface area contributed by atoms with Crippen LogP contribution in [-0.2, 0) is 10.1 Å². The van der Waals surface area contributed by atoms with Gasteiger partial charge in [0.1, 0.15) is 22.7 Å². The largest absolute Gasteiger partial charge is 0.493 e. The summed E-state index contributed by atoms with van der Waals surface area (Å²) in [5.41, 5.74) is 0. The van der Waals surface area contributed by atoms with Crippen molar-refractivity contribution in [3.63, 3.8) is 0 Å². The van der Waals surface area contributed by atoms with Gasteiger partial charge in [-0.1, -0.05) is 48.0 Å². The van der Waals surface area contributed by atoms with Gasteiger partial charge in [0.25, 0.3) is 0 Å². The van der Waals surface area contributed by atoms with Crippen molar-refractivity contribution in [2.45, 2.75) is 17.7 Å². The van der Waals surface area contributed by atoms with Crippen LogP contribution in [0.5, 0.6) is 11.5 Å². The van der Waals surface area contributed by atoms with Crippen LogP contribution in [0.3, 0.4) is 0 Å². The molecular weight excluding hydrogens is 450 g/mol. The standard InChI is InChI=1S/C23H24ClN3O4S/c24-21-7-3-4-8-23(21)32(28,29)31-19-13-18-5-1-2-6-20(18)22(14-19)30-15-17-9-11-27(12-10-17)16-26-25/h1-8,13-14,16-17H,9-12,15,25H2. The first kappa shape index (κ1) is 22.2. The Labute approximate surface area is 192 Å². The molecule has 168 valence electrons. The normalized spacial score (nSPS) is 15.3. The van der Waals surface area contributed by atoms with Crippen LogP contribution >= 0.6 is 11.6 Å². The summed E-state index contributed by atoms with van der Waals surface area (Å²) in [4.78, 5) is 2.00. The number of piperidine rings is 1. The molecule has 1 saturated heterocycles. The van der Waals surface area contributed by atoms with E-state index in [1.54, 1.807) is 30.6 Å². The van der Waals surface area contributed by atoms with Crippen molar-refractivity contribution in [3.8, 4) is 11.5 Å². The SMILES string of the molecule is NN=CN1CCC(COc2cc(OS(=O)(=O)c3ccccc3Cl)cc3ccccc23)CC1. The van der Waals surface area contributed by atoms with E-state index in [0.717, 1.165) is 36.7 Å². The molecule has 0 aromatic heterocycles. The van der Waals surface area contributed by atoms with E-state index in [9.17, 15) is 8.42 Å². The molecule has 0 spiro atoms. The van der Waals surface area contributed by atoms with Crippen LogP contribution in [0.1, 0.15) is 12.8 Å². The second-order valence-corrected chi connectivity index (χ2v) is 9.59. The van der Waals surface area contributed by atoms with Crippen molar-refractivity contribution in [1.82, 2.24) is 4.90 Å². The van der Waals surface area contributed by atoms with Gasteiger partial charge in [-0.25, -0.2) is 0 Å². The summed E-state index contributed by atoms with van der Waals surface area (Å²) in [6, 6.07) is 17.1. The van der Waals surface area contributed by atoms with E-state index in [2.05, 4.69) is 10.0 Å². The zero-order valence-electron chi connectivity index (χ0n) is 17.4. The van der Waals surface area contributed by atoms with Gasteiger partial charge in [-0.05, 0) is 42.3 Å². The van der Waals surface area contributed by atoms with Crippen LogP contribution in [0.2, 0.25) is 5.02 Å². The number of hydrogen-bond acceptors (Lipinski definition) is 6. The predicted molar refractivity (Wildman–Crippen MR) is 126 cm³/mol. The van der Waals surface area contributed by atoms with Crippen molar-refractivity contribution in [2.24, 2.45) is 16.9 Å².